The number of anilines is 1. The molecule has 2 N–H and O–H groups in total. The van der Waals surface area contributed by atoms with Crippen LogP contribution >= 0.6 is 0 Å². The molecule has 2 aliphatic rings. The van der Waals surface area contributed by atoms with Crippen LogP contribution in [0.4, 0.5) is 5.69 Å². The van der Waals surface area contributed by atoms with Gasteiger partial charge in [-0.3, -0.25) is 4.79 Å². The van der Waals surface area contributed by atoms with Gasteiger partial charge in [-0.25, -0.2) is 0 Å². The zero-order chi connectivity index (χ0) is 14.1. The van der Waals surface area contributed by atoms with Gasteiger partial charge >= 0.3 is 0 Å². The van der Waals surface area contributed by atoms with Gasteiger partial charge in [-0.15, -0.1) is 0 Å². The van der Waals surface area contributed by atoms with Crippen LogP contribution in [-0.4, -0.2) is 18.5 Å². The van der Waals surface area contributed by atoms with E-state index in [1.165, 1.54) is 24.1 Å². The van der Waals surface area contributed by atoms with Gasteiger partial charge in [0.2, 0.25) is 0 Å². The zero-order valence-electron chi connectivity index (χ0n) is 12.4. The van der Waals surface area contributed by atoms with Crippen molar-refractivity contribution in [3.63, 3.8) is 0 Å². The molecule has 1 aromatic carbocycles. The molecule has 0 bridgehead atoms. The average molecular weight is 272 g/mol. The lowest BCUT2D eigenvalue weighted by molar-refractivity contribution is 0.0891. The summed E-state index contributed by atoms with van der Waals surface area (Å²) in [7, 11) is 0. The molecule has 108 valence electrons. The summed E-state index contributed by atoms with van der Waals surface area (Å²) in [5, 5.41) is 6.58. The first-order valence-electron chi connectivity index (χ1n) is 7.83. The fraction of sp³-hybridized carbons (Fsp3) is 0.588. The van der Waals surface area contributed by atoms with E-state index in [0.29, 0.717) is 17.9 Å². The van der Waals surface area contributed by atoms with Crippen LogP contribution in [0, 0.1) is 11.8 Å². The summed E-state index contributed by atoms with van der Waals surface area (Å²) in [5.41, 5.74) is 3.25. The maximum atomic E-state index is 12.4. The lowest BCUT2D eigenvalue weighted by Gasteiger charge is -2.34. The second-order valence-electron chi connectivity index (χ2n) is 6.40. The summed E-state index contributed by atoms with van der Waals surface area (Å²) in [4.78, 5) is 12.4. The minimum Gasteiger partial charge on any atom is -0.384 e. The van der Waals surface area contributed by atoms with Crippen molar-refractivity contribution in [3.8, 4) is 0 Å². The maximum Gasteiger partial charge on any atom is 0.251 e. The Bertz CT molecular complexity index is 512. The van der Waals surface area contributed by atoms with E-state index in [2.05, 4.69) is 24.5 Å². The van der Waals surface area contributed by atoms with E-state index in [1.54, 1.807) is 0 Å². The first kappa shape index (κ1) is 13.5. The van der Waals surface area contributed by atoms with E-state index >= 15 is 0 Å². The van der Waals surface area contributed by atoms with E-state index < -0.39 is 0 Å². The van der Waals surface area contributed by atoms with Crippen molar-refractivity contribution in [3.05, 3.63) is 29.3 Å². The molecule has 1 heterocycles. The summed E-state index contributed by atoms with van der Waals surface area (Å²) >= 11 is 0. The van der Waals surface area contributed by atoms with Crippen LogP contribution in [0.25, 0.3) is 0 Å². The van der Waals surface area contributed by atoms with Crippen LogP contribution in [0.2, 0.25) is 0 Å². The van der Waals surface area contributed by atoms with E-state index in [0.717, 1.165) is 24.9 Å². The Balaban J connectivity index is 1.70. The van der Waals surface area contributed by atoms with Gasteiger partial charge in [0.15, 0.2) is 0 Å². The fourth-order valence-corrected chi connectivity index (χ4v) is 3.48. The van der Waals surface area contributed by atoms with Crippen molar-refractivity contribution in [1.82, 2.24) is 5.32 Å². The van der Waals surface area contributed by atoms with Crippen molar-refractivity contribution < 1.29 is 4.79 Å². The fourth-order valence-electron chi connectivity index (χ4n) is 3.48. The molecule has 20 heavy (non-hydrogen) atoms. The van der Waals surface area contributed by atoms with Crippen LogP contribution in [0.3, 0.4) is 0 Å². The highest BCUT2D eigenvalue weighted by Gasteiger charge is 2.28. The molecule has 0 radical (unpaired) electrons. The predicted octanol–water partition coefficient (Wildman–Crippen LogP) is 3.21. The number of fused-ring (bicyclic) bond motifs is 1. The average Bonchev–Trinajstić information content (AvgIpc) is 2.91. The molecule has 1 aliphatic heterocycles. The van der Waals surface area contributed by atoms with Crippen LogP contribution in [-0.2, 0) is 6.42 Å². The van der Waals surface area contributed by atoms with Crippen LogP contribution < -0.4 is 10.6 Å². The summed E-state index contributed by atoms with van der Waals surface area (Å²) in [6.07, 6.45) is 4.65. The lowest BCUT2D eigenvalue weighted by Crippen LogP contribution is -2.43. The molecule has 0 spiro atoms. The van der Waals surface area contributed by atoms with Crippen molar-refractivity contribution in [2.75, 3.05) is 11.9 Å². The predicted molar refractivity (Wildman–Crippen MR) is 82.1 cm³/mol. The van der Waals surface area contributed by atoms with Gasteiger partial charge in [-0.1, -0.05) is 26.7 Å². The monoisotopic (exact) mass is 272 g/mol. The molecule has 3 unspecified atom stereocenters. The molecule has 1 fully saturated rings. The van der Waals surface area contributed by atoms with Gasteiger partial charge in [-0.05, 0) is 48.4 Å². The smallest absolute Gasteiger partial charge is 0.251 e. The Hall–Kier alpha value is -1.51. The summed E-state index contributed by atoms with van der Waals surface area (Å²) in [6, 6.07) is 6.34. The molecule has 1 saturated carbocycles. The van der Waals surface area contributed by atoms with Crippen molar-refractivity contribution in [2.24, 2.45) is 11.8 Å². The molecular weight excluding hydrogens is 248 g/mol. The molecule has 3 atom stereocenters. The number of hydrogen-bond donors (Lipinski definition) is 2. The summed E-state index contributed by atoms with van der Waals surface area (Å²) < 4.78 is 0. The highest BCUT2D eigenvalue weighted by Crippen LogP contribution is 2.30. The Morgan fingerprint density at radius 3 is 3.00 bits per heavy atom. The number of rotatable bonds is 2. The highest BCUT2D eigenvalue weighted by atomic mass is 16.1. The lowest BCUT2D eigenvalue weighted by atomic mass is 9.78. The number of hydrogen-bond acceptors (Lipinski definition) is 2. The van der Waals surface area contributed by atoms with Crippen molar-refractivity contribution in [1.29, 1.82) is 0 Å². The zero-order valence-corrected chi connectivity index (χ0v) is 12.4. The van der Waals surface area contributed by atoms with Gasteiger partial charge in [0.05, 0.1) is 0 Å². The molecular formula is C17H24N2O. The number of benzene rings is 1. The van der Waals surface area contributed by atoms with Crippen LogP contribution in [0.15, 0.2) is 18.2 Å². The maximum absolute atomic E-state index is 12.4. The SMILES string of the molecule is CC1CCCC(NC(=O)c2ccc3c(c2)CCN3)C1C. The number of carbonyl (C=O) groups is 1. The summed E-state index contributed by atoms with van der Waals surface area (Å²) in [6.45, 7) is 5.54. The Morgan fingerprint density at radius 2 is 2.15 bits per heavy atom. The van der Waals surface area contributed by atoms with E-state index in [1.807, 2.05) is 18.2 Å². The Labute approximate surface area is 121 Å². The first-order valence-corrected chi connectivity index (χ1v) is 7.83. The quantitative estimate of drug-likeness (QED) is 0.868. The number of nitrogens with one attached hydrogen (secondary N) is 2. The first-order chi connectivity index (χ1) is 9.65. The second kappa shape index (κ2) is 5.47. The van der Waals surface area contributed by atoms with Crippen molar-refractivity contribution >= 4 is 11.6 Å². The van der Waals surface area contributed by atoms with E-state index in [9.17, 15) is 4.79 Å². The van der Waals surface area contributed by atoms with Gasteiger partial charge in [0, 0.05) is 23.8 Å². The normalized spacial score (nSPS) is 28.6. The molecule has 1 aliphatic carbocycles. The minimum absolute atomic E-state index is 0.0886. The topological polar surface area (TPSA) is 41.1 Å². The number of carbonyl (C=O) groups excluding carboxylic acids is 1. The molecule has 0 aromatic heterocycles. The van der Waals surface area contributed by atoms with Crippen molar-refractivity contribution in [2.45, 2.75) is 45.6 Å². The standard InChI is InChI=1S/C17H24N2O/c1-11-4-3-5-15(12(11)2)19-17(20)14-6-7-16-13(10-14)8-9-18-16/h6-7,10-12,15,18H,3-5,8-9H2,1-2H3,(H,19,20). The summed E-state index contributed by atoms with van der Waals surface area (Å²) in [5.74, 6) is 1.37. The van der Waals surface area contributed by atoms with Crippen LogP contribution in [0.5, 0.6) is 0 Å². The van der Waals surface area contributed by atoms with Gasteiger partial charge in [0.25, 0.3) is 5.91 Å². The molecule has 3 heteroatoms. The Kier molecular flexibility index (Phi) is 3.68. The molecule has 0 saturated heterocycles. The third kappa shape index (κ3) is 2.54. The molecule has 1 amide bonds. The van der Waals surface area contributed by atoms with Gasteiger partial charge < -0.3 is 10.6 Å². The van der Waals surface area contributed by atoms with Gasteiger partial charge in [0.1, 0.15) is 0 Å². The molecule has 3 nitrogen and oxygen atoms in total. The third-order valence-electron chi connectivity index (χ3n) is 5.10. The van der Waals surface area contributed by atoms with Crippen LogP contribution in [0.1, 0.15) is 49.0 Å². The number of amides is 1. The highest BCUT2D eigenvalue weighted by molar-refractivity contribution is 5.95. The van der Waals surface area contributed by atoms with E-state index in [4.69, 9.17) is 0 Å². The Morgan fingerprint density at radius 1 is 1.30 bits per heavy atom. The second-order valence-corrected chi connectivity index (χ2v) is 6.40. The minimum atomic E-state index is 0.0886. The molecule has 1 aromatic rings. The van der Waals surface area contributed by atoms with E-state index in [-0.39, 0.29) is 5.91 Å². The molecule has 3 rings (SSSR count). The third-order valence-corrected chi connectivity index (χ3v) is 5.10. The van der Waals surface area contributed by atoms with Gasteiger partial charge in [-0.2, -0.15) is 0 Å². The largest absolute Gasteiger partial charge is 0.384 e.